The van der Waals surface area contributed by atoms with Gasteiger partial charge in [0.2, 0.25) is 0 Å². The van der Waals surface area contributed by atoms with E-state index < -0.39 is 0 Å². The van der Waals surface area contributed by atoms with Gasteiger partial charge in [0.05, 0.1) is 10.8 Å². The third kappa shape index (κ3) is 1.34. The summed E-state index contributed by atoms with van der Waals surface area (Å²) in [5.41, 5.74) is 5.73. The summed E-state index contributed by atoms with van der Waals surface area (Å²) in [5.74, 6) is 0.273. The monoisotopic (exact) mass is 171 g/mol. The third-order valence-corrected chi connectivity index (χ3v) is 2.23. The van der Waals surface area contributed by atoms with Crippen LogP contribution in [0.4, 0.5) is 0 Å². The Bertz CT molecular complexity index is 237. The molecule has 0 bridgehead atoms. The topological polar surface area (TPSA) is 72.4 Å². The van der Waals surface area contributed by atoms with Crippen molar-refractivity contribution in [2.45, 2.75) is 13.3 Å². The molecular formula is C7H13N3O2. The van der Waals surface area contributed by atoms with Crippen LogP contribution in [-0.2, 0) is 0 Å². The van der Waals surface area contributed by atoms with E-state index in [0.717, 1.165) is 13.0 Å². The van der Waals surface area contributed by atoms with Gasteiger partial charge in [-0.05, 0) is 6.42 Å². The minimum absolute atomic E-state index is 0.0313. The van der Waals surface area contributed by atoms with Gasteiger partial charge in [0.25, 0.3) is 5.70 Å². The van der Waals surface area contributed by atoms with Gasteiger partial charge in [0.1, 0.15) is 0 Å². The number of hydrogen-bond acceptors (Lipinski definition) is 4. The highest BCUT2D eigenvalue weighted by Crippen LogP contribution is 2.23. The van der Waals surface area contributed by atoms with Crippen molar-refractivity contribution >= 4 is 0 Å². The highest BCUT2D eigenvalue weighted by molar-refractivity contribution is 5.08. The quantitative estimate of drug-likeness (QED) is 0.456. The molecule has 1 atom stereocenters. The Kier molecular flexibility index (Phi) is 2.21. The van der Waals surface area contributed by atoms with Crippen LogP contribution in [0.25, 0.3) is 0 Å². The first-order valence-electron chi connectivity index (χ1n) is 3.89. The summed E-state index contributed by atoms with van der Waals surface area (Å²) < 4.78 is 0. The maximum absolute atomic E-state index is 10.6. The van der Waals surface area contributed by atoms with Crippen LogP contribution in [-0.4, -0.2) is 23.4 Å². The average Bonchev–Trinajstić information content (AvgIpc) is 1.97. The zero-order chi connectivity index (χ0) is 9.30. The predicted molar refractivity (Wildman–Crippen MR) is 44.6 cm³/mol. The summed E-state index contributed by atoms with van der Waals surface area (Å²) in [4.78, 5) is 11.9. The van der Waals surface area contributed by atoms with E-state index in [1.165, 1.54) is 0 Å². The van der Waals surface area contributed by atoms with Crippen molar-refractivity contribution in [3.05, 3.63) is 21.6 Å². The van der Waals surface area contributed by atoms with Crippen LogP contribution in [0.5, 0.6) is 0 Å². The summed E-state index contributed by atoms with van der Waals surface area (Å²) >= 11 is 0. The van der Waals surface area contributed by atoms with E-state index >= 15 is 0 Å². The Hall–Kier alpha value is -1.26. The number of nitro groups is 1. The highest BCUT2D eigenvalue weighted by atomic mass is 16.6. The maximum Gasteiger partial charge on any atom is 0.288 e. The first-order valence-corrected chi connectivity index (χ1v) is 3.89. The van der Waals surface area contributed by atoms with Gasteiger partial charge in [-0.2, -0.15) is 0 Å². The van der Waals surface area contributed by atoms with Crippen molar-refractivity contribution in [3.63, 3.8) is 0 Å². The standard InChI is InChI=1S/C7H13N3O2/c1-5-3-4-9(2)7(8)6(5)10(11)12/h5H,3-4,8H2,1-2H3. The number of hydrogen-bond donors (Lipinski definition) is 1. The molecule has 0 aromatic heterocycles. The van der Waals surface area contributed by atoms with Gasteiger partial charge in [-0.25, -0.2) is 0 Å². The minimum atomic E-state index is -0.379. The predicted octanol–water partition coefficient (Wildman–Crippen LogP) is 0.363. The Balaban J connectivity index is 3.01. The summed E-state index contributed by atoms with van der Waals surface area (Å²) in [7, 11) is 1.77. The molecule has 0 aliphatic carbocycles. The van der Waals surface area contributed by atoms with Crippen molar-refractivity contribution < 1.29 is 4.92 Å². The van der Waals surface area contributed by atoms with Gasteiger partial charge >= 0.3 is 0 Å². The maximum atomic E-state index is 10.6. The summed E-state index contributed by atoms with van der Waals surface area (Å²) in [6.45, 7) is 2.63. The second-order valence-corrected chi connectivity index (χ2v) is 3.14. The van der Waals surface area contributed by atoms with Crippen molar-refractivity contribution in [3.8, 4) is 0 Å². The Morgan fingerprint density at radius 2 is 2.33 bits per heavy atom. The molecule has 1 rings (SSSR count). The zero-order valence-corrected chi connectivity index (χ0v) is 7.28. The van der Waals surface area contributed by atoms with Crippen LogP contribution in [0.2, 0.25) is 0 Å². The van der Waals surface area contributed by atoms with Crippen molar-refractivity contribution in [1.29, 1.82) is 0 Å². The van der Waals surface area contributed by atoms with E-state index in [1.54, 1.807) is 11.9 Å². The molecule has 0 radical (unpaired) electrons. The first-order chi connectivity index (χ1) is 5.54. The Morgan fingerprint density at radius 1 is 1.75 bits per heavy atom. The van der Waals surface area contributed by atoms with Gasteiger partial charge in [0, 0.05) is 13.6 Å². The second-order valence-electron chi connectivity index (χ2n) is 3.14. The van der Waals surface area contributed by atoms with Crippen LogP contribution >= 0.6 is 0 Å². The van der Waals surface area contributed by atoms with Crippen molar-refractivity contribution in [2.75, 3.05) is 13.6 Å². The first kappa shape index (κ1) is 8.83. The fourth-order valence-corrected chi connectivity index (χ4v) is 1.37. The molecule has 1 aliphatic rings. The normalized spacial score (nSPS) is 24.5. The van der Waals surface area contributed by atoms with E-state index in [-0.39, 0.29) is 16.5 Å². The largest absolute Gasteiger partial charge is 0.380 e. The average molecular weight is 171 g/mol. The fraction of sp³-hybridized carbons (Fsp3) is 0.714. The molecule has 0 saturated carbocycles. The second kappa shape index (κ2) is 3.00. The van der Waals surface area contributed by atoms with Gasteiger partial charge in [0.15, 0.2) is 5.82 Å². The smallest absolute Gasteiger partial charge is 0.288 e. The number of allylic oxidation sites excluding steroid dienone is 1. The molecule has 1 heterocycles. The molecule has 5 nitrogen and oxygen atoms in total. The van der Waals surface area contributed by atoms with E-state index in [9.17, 15) is 10.1 Å². The van der Waals surface area contributed by atoms with Crippen molar-refractivity contribution in [1.82, 2.24) is 4.90 Å². The lowest BCUT2D eigenvalue weighted by molar-refractivity contribution is -0.437. The number of nitrogens with two attached hydrogens (primary N) is 1. The highest BCUT2D eigenvalue weighted by Gasteiger charge is 2.30. The SMILES string of the molecule is CC1CCN(C)C(N)=C1[N+](=O)[O-]. The van der Waals surface area contributed by atoms with E-state index in [1.807, 2.05) is 6.92 Å². The van der Waals surface area contributed by atoms with Crippen LogP contribution in [0, 0.1) is 16.0 Å². The molecule has 1 aliphatic heterocycles. The molecular weight excluding hydrogens is 158 g/mol. The van der Waals surface area contributed by atoms with Crippen molar-refractivity contribution in [2.24, 2.45) is 11.7 Å². The Labute approximate surface area is 71.0 Å². The number of rotatable bonds is 1. The fourth-order valence-electron chi connectivity index (χ4n) is 1.37. The summed E-state index contributed by atoms with van der Waals surface area (Å²) in [6.07, 6.45) is 0.799. The lowest BCUT2D eigenvalue weighted by Crippen LogP contribution is -2.35. The number of nitrogens with zero attached hydrogens (tertiary/aromatic N) is 2. The molecule has 0 aromatic carbocycles. The van der Waals surface area contributed by atoms with E-state index in [4.69, 9.17) is 5.73 Å². The Morgan fingerprint density at radius 3 is 2.75 bits per heavy atom. The molecule has 1 unspecified atom stereocenters. The zero-order valence-electron chi connectivity index (χ0n) is 7.28. The van der Waals surface area contributed by atoms with Gasteiger partial charge in [-0.1, -0.05) is 6.92 Å². The summed E-state index contributed by atoms with van der Waals surface area (Å²) in [6, 6.07) is 0. The lowest BCUT2D eigenvalue weighted by atomic mass is 10.0. The van der Waals surface area contributed by atoms with E-state index in [2.05, 4.69) is 0 Å². The molecule has 0 aromatic rings. The minimum Gasteiger partial charge on any atom is -0.380 e. The third-order valence-electron chi connectivity index (χ3n) is 2.23. The van der Waals surface area contributed by atoms with Gasteiger partial charge in [-0.15, -0.1) is 0 Å². The molecule has 0 fully saturated rings. The van der Waals surface area contributed by atoms with Crippen LogP contribution < -0.4 is 5.73 Å². The lowest BCUT2D eigenvalue weighted by Gasteiger charge is -2.26. The van der Waals surface area contributed by atoms with Crippen LogP contribution in [0.3, 0.4) is 0 Å². The van der Waals surface area contributed by atoms with E-state index in [0.29, 0.717) is 5.82 Å². The molecule has 0 amide bonds. The molecule has 68 valence electrons. The van der Waals surface area contributed by atoms with Crippen LogP contribution in [0.15, 0.2) is 11.5 Å². The molecule has 0 spiro atoms. The van der Waals surface area contributed by atoms with Gasteiger partial charge < -0.3 is 10.6 Å². The summed E-state index contributed by atoms with van der Waals surface area (Å²) in [5, 5.41) is 10.6. The molecule has 12 heavy (non-hydrogen) atoms. The molecule has 0 saturated heterocycles. The molecule has 5 heteroatoms. The van der Waals surface area contributed by atoms with Crippen LogP contribution in [0.1, 0.15) is 13.3 Å². The molecule has 2 N–H and O–H groups in total. The van der Waals surface area contributed by atoms with Gasteiger partial charge in [-0.3, -0.25) is 10.1 Å².